The van der Waals surface area contributed by atoms with Gasteiger partial charge in [0.25, 0.3) is 0 Å². The molecule has 0 spiro atoms. The first-order chi connectivity index (χ1) is 10.2. The van der Waals surface area contributed by atoms with Crippen molar-refractivity contribution in [1.82, 2.24) is 0 Å². The molecule has 0 aromatic heterocycles. The molecule has 0 N–H and O–H groups in total. The summed E-state index contributed by atoms with van der Waals surface area (Å²) in [5, 5.41) is 0. The number of hydrogen-bond acceptors (Lipinski definition) is 0. The molecule has 0 saturated carbocycles. The van der Waals surface area contributed by atoms with E-state index in [4.69, 9.17) is 0 Å². The van der Waals surface area contributed by atoms with E-state index >= 15 is 0 Å². The standard InChI is InChI=1S/C21H28/c1-16-7-9-18(10-8-16)5-3-4-6-19-11-12-20-13-17(2)14-21(20)15-19/h7-10,15,17H,3-6,11-14H2,1-2H3. The van der Waals surface area contributed by atoms with Crippen molar-refractivity contribution < 1.29 is 0 Å². The number of allylic oxidation sites excluding steroid dienone is 4. The second-order valence-electron chi connectivity index (χ2n) is 7.14. The molecule has 1 unspecified atom stereocenters. The lowest BCUT2D eigenvalue weighted by molar-refractivity contribution is 0.616. The summed E-state index contributed by atoms with van der Waals surface area (Å²) in [6, 6.07) is 9.03. The van der Waals surface area contributed by atoms with E-state index in [0.717, 1.165) is 5.92 Å². The van der Waals surface area contributed by atoms with Gasteiger partial charge in [-0.25, -0.2) is 0 Å². The zero-order valence-corrected chi connectivity index (χ0v) is 13.6. The summed E-state index contributed by atoms with van der Waals surface area (Å²) in [5.74, 6) is 0.895. The Morgan fingerprint density at radius 3 is 2.52 bits per heavy atom. The molecule has 112 valence electrons. The molecule has 0 heteroatoms. The third-order valence-electron chi connectivity index (χ3n) is 5.08. The Morgan fingerprint density at radius 2 is 1.71 bits per heavy atom. The maximum atomic E-state index is 2.55. The van der Waals surface area contributed by atoms with Gasteiger partial charge in [0.2, 0.25) is 0 Å². The van der Waals surface area contributed by atoms with Gasteiger partial charge in [-0.05, 0) is 75.3 Å². The van der Waals surface area contributed by atoms with Crippen LogP contribution in [-0.4, -0.2) is 0 Å². The van der Waals surface area contributed by atoms with Gasteiger partial charge >= 0.3 is 0 Å². The maximum Gasteiger partial charge on any atom is -0.0250 e. The van der Waals surface area contributed by atoms with Crippen LogP contribution in [0, 0.1) is 12.8 Å². The quantitative estimate of drug-likeness (QED) is 0.567. The average molecular weight is 280 g/mol. The van der Waals surface area contributed by atoms with E-state index in [0.29, 0.717) is 0 Å². The highest BCUT2D eigenvalue weighted by atomic mass is 14.3. The minimum atomic E-state index is 0.895. The van der Waals surface area contributed by atoms with E-state index in [1.165, 1.54) is 62.5 Å². The van der Waals surface area contributed by atoms with Crippen LogP contribution in [0.25, 0.3) is 0 Å². The van der Waals surface area contributed by atoms with E-state index in [1.807, 2.05) is 0 Å². The highest BCUT2D eigenvalue weighted by molar-refractivity contribution is 5.37. The highest BCUT2D eigenvalue weighted by Gasteiger charge is 2.22. The summed E-state index contributed by atoms with van der Waals surface area (Å²) < 4.78 is 0. The van der Waals surface area contributed by atoms with Gasteiger partial charge in [0.1, 0.15) is 0 Å². The van der Waals surface area contributed by atoms with Crippen LogP contribution in [0.15, 0.2) is 47.1 Å². The summed E-state index contributed by atoms with van der Waals surface area (Å²) in [7, 11) is 0. The normalized spacial score (nSPS) is 21.4. The molecule has 0 heterocycles. The number of benzene rings is 1. The van der Waals surface area contributed by atoms with Gasteiger partial charge in [0, 0.05) is 0 Å². The zero-order chi connectivity index (χ0) is 14.7. The summed E-state index contributed by atoms with van der Waals surface area (Å²) in [6.45, 7) is 4.56. The first-order valence-electron chi connectivity index (χ1n) is 8.66. The molecule has 2 aliphatic rings. The van der Waals surface area contributed by atoms with Gasteiger partial charge in [0.05, 0.1) is 0 Å². The number of aryl methyl sites for hydroxylation is 2. The molecular weight excluding hydrogens is 252 g/mol. The van der Waals surface area contributed by atoms with E-state index < -0.39 is 0 Å². The van der Waals surface area contributed by atoms with Gasteiger partial charge in [0.15, 0.2) is 0 Å². The van der Waals surface area contributed by atoms with Crippen molar-refractivity contribution in [1.29, 1.82) is 0 Å². The van der Waals surface area contributed by atoms with Crippen molar-refractivity contribution in [3.8, 4) is 0 Å². The molecule has 0 nitrogen and oxygen atoms in total. The van der Waals surface area contributed by atoms with Gasteiger partial charge in [-0.15, -0.1) is 0 Å². The van der Waals surface area contributed by atoms with Crippen LogP contribution in [0.1, 0.15) is 63.0 Å². The van der Waals surface area contributed by atoms with Crippen LogP contribution in [0.3, 0.4) is 0 Å². The van der Waals surface area contributed by atoms with Crippen LogP contribution >= 0.6 is 0 Å². The molecule has 0 saturated heterocycles. The van der Waals surface area contributed by atoms with E-state index in [-0.39, 0.29) is 0 Å². The molecule has 1 aromatic carbocycles. The fraction of sp³-hybridized carbons (Fsp3) is 0.524. The van der Waals surface area contributed by atoms with Crippen molar-refractivity contribution in [2.75, 3.05) is 0 Å². The average Bonchev–Trinajstić information content (AvgIpc) is 2.85. The van der Waals surface area contributed by atoms with Crippen LogP contribution in [0.4, 0.5) is 0 Å². The van der Waals surface area contributed by atoms with Crippen LogP contribution < -0.4 is 0 Å². The third kappa shape index (κ3) is 3.87. The first kappa shape index (κ1) is 14.6. The number of unbranched alkanes of at least 4 members (excludes halogenated alkanes) is 1. The maximum absolute atomic E-state index is 2.55. The monoisotopic (exact) mass is 280 g/mol. The Hall–Kier alpha value is -1.30. The van der Waals surface area contributed by atoms with Crippen LogP contribution in [0.2, 0.25) is 0 Å². The van der Waals surface area contributed by atoms with Crippen molar-refractivity contribution in [2.45, 2.75) is 65.2 Å². The molecule has 2 aliphatic carbocycles. The minimum absolute atomic E-state index is 0.895. The molecule has 3 rings (SSSR count). The van der Waals surface area contributed by atoms with E-state index in [9.17, 15) is 0 Å². The molecule has 21 heavy (non-hydrogen) atoms. The SMILES string of the molecule is Cc1ccc(CCCCC2=CC3=C(CC2)CC(C)C3)cc1. The smallest absolute Gasteiger partial charge is 0.0250 e. The largest absolute Gasteiger partial charge is 0.0696 e. The Kier molecular flexibility index (Phi) is 4.63. The van der Waals surface area contributed by atoms with E-state index in [2.05, 4.69) is 44.2 Å². The molecular formula is C21H28. The van der Waals surface area contributed by atoms with Crippen molar-refractivity contribution in [3.05, 3.63) is 58.2 Å². The predicted octanol–water partition coefficient (Wildman–Crippen LogP) is 6.15. The molecule has 0 amide bonds. The Balaban J connectivity index is 1.44. The topological polar surface area (TPSA) is 0 Å². The van der Waals surface area contributed by atoms with Crippen molar-refractivity contribution in [3.63, 3.8) is 0 Å². The zero-order valence-electron chi connectivity index (χ0n) is 13.6. The molecule has 1 atom stereocenters. The molecule has 0 fully saturated rings. The Bertz CT molecular complexity index is 542. The summed E-state index contributed by atoms with van der Waals surface area (Å²) >= 11 is 0. The highest BCUT2D eigenvalue weighted by Crippen LogP contribution is 2.39. The second-order valence-corrected chi connectivity index (χ2v) is 7.14. The molecule has 1 aromatic rings. The lowest BCUT2D eigenvalue weighted by Gasteiger charge is -2.15. The second kappa shape index (κ2) is 6.64. The first-order valence-corrected chi connectivity index (χ1v) is 8.66. The molecule has 0 aliphatic heterocycles. The number of hydrogen-bond donors (Lipinski definition) is 0. The molecule has 0 bridgehead atoms. The van der Waals surface area contributed by atoms with Crippen LogP contribution in [-0.2, 0) is 6.42 Å². The van der Waals surface area contributed by atoms with Gasteiger partial charge in [-0.1, -0.05) is 54.0 Å². The van der Waals surface area contributed by atoms with Gasteiger partial charge in [-0.3, -0.25) is 0 Å². The van der Waals surface area contributed by atoms with Crippen molar-refractivity contribution in [2.24, 2.45) is 5.92 Å². The lowest BCUT2D eigenvalue weighted by atomic mass is 9.91. The Labute approximate surface area is 130 Å². The fourth-order valence-corrected chi connectivity index (χ4v) is 3.83. The van der Waals surface area contributed by atoms with Crippen molar-refractivity contribution >= 4 is 0 Å². The Morgan fingerprint density at radius 1 is 0.952 bits per heavy atom. The third-order valence-corrected chi connectivity index (χ3v) is 5.08. The van der Waals surface area contributed by atoms with E-state index in [1.54, 1.807) is 16.7 Å². The van der Waals surface area contributed by atoms with Crippen LogP contribution in [0.5, 0.6) is 0 Å². The minimum Gasteiger partial charge on any atom is -0.0696 e. The summed E-state index contributed by atoms with van der Waals surface area (Å²) in [4.78, 5) is 0. The fourth-order valence-electron chi connectivity index (χ4n) is 3.83. The molecule has 0 radical (unpaired) electrons. The van der Waals surface area contributed by atoms with Gasteiger partial charge in [-0.2, -0.15) is 0 Å². The summed E-state index contributed by atoms with van der Waals surface area (Å²) in [5.41, 5.74) is 8.04. The number of rotatable bonds is 5. The summed E-state index contributed by atoms with van der Waals surface area (Å²) in [6.07, 6.45) is 13.2. The predicted molar refractivity (Wildman–Crippen MR) is 91.5 cm³/mol. The van der Waals surface area contributed by atoms with Gasteiger partial charge < -0.3 is 0 Å². The lowest BCUT2D eigenvalue weighted by Crippen LogP contribution is -1.96.